The SMILES string of the molecule is Cc1ccc(NC(=O)c2cccc(CN3CCCC3=O)c2)cc1-n1cnnn1. The zero-order valence-corrected chi connectivity index (χ0v) is 15.5. The van der Waals surface area contributed by atoms with Crippen LogP contribution in [0, 0.1) is 6.92 Å². The molecule has 1 fully saturated rings. The molecule has 0 atom stereocenters. The third-order valence-corrected chi connectivity index (χ3v) is 4.80. The van der Waals surface area contributed by atoms with E-state index in [-0.39, 0.29) is 11.8 Å². The lowest BCUT2D eigenvalue weighted by atomic mass is 10.1. The van der Waals surface area contributed by atoms with Crippen molar-refractivity contribution in [3.63, 3.8) is 0 Å². The molecule has 1 saturated heterocycles. The van der Waals surface area contributed by atoms with E-state index >= 15 is 0 Å². The molecule has 1 aromatic heterocycles. The Balaban J connectivity index is 1.50. The largest absolute Gasteiger partial charge is 0.338 e. The number of nitrogens with one attached hydrogen (secondary N) is 1. The van der Waals surface area contributed by atoms with Gasteiger partial charge in [-0.1, -0.05) is 18.2 Å². The van der Waals surface area contributed by atoms with Crippen molar-refractivity contribution >= 4 is 17.5 Å². The third-order valence-electron chi connectivity index (χ3n) is 4.80. The van der Waals surface area contributed by atoms with Gasteiger partial charge in [-0.3, -0.25) is 9.59 Å². The Labute approximate surface area is 162 Å². The van der Waals surface area contributed by atoms with Gasteiger partial charge in [0.2, 0.25) is 5.91 Å². The molecule has 2 amide bonds. The third kappa shape index (κ3) is 3.75. The number of hydrogen-bond donors (Lipinski definition) is 1. The van der Waals surface area contributed by atoms with E-state index in [1.54, 1.807) is 10.7 Å². The second-order valence-electron chi connectivity index (χ2n) is 6.83. The maximum atomic E-state index is 12.7. The Hall–Kier alpha value is -3.55. The van der Waals surface area contributed by atoms with Crippen LogP contribution < -0.4 is 5.32 Å². The summed E-state index contributed by atoms with van der Waals surface area (Å²) in [5, 5.41) is 14.1. The van der Waals surface area contributed by atoms with Crippen LogP contribution in [0.5, 0.6) is 0 Å². The topological polar surface area (TPSA) is 93.0 Å². The Bertz CT molecular complexity index is 1020. The van der Waals surface area contributed by atoms with Crippen molar-refractivity contribution in [1.29, 1.82) is 0 Å². The van der Waals surface area contributed by atoms with Gasteiger partial charge in [0.15, 0.2) is 0 Å². The van der Waals surface area contributed by atoms with E-state index in [1.165, 1.54) is 6.33 Å². The Morgan fingerprint density at radius 2 is 2.11 bits per heavy atom. The summed E-state index contributed by atoms with van der Waals surface area (Å²) in [6.07, 6.45) is 3.02. The van der Waals surface area contributed by atoms with Crippen LogP contribution in [-0.2, 0) is 11.3 Å². The molecule has 2 heterocycles. The van der Waals surface area contributed by atoms with Crippen molar-refractivity contribution in [2.24, 2.45) is 0 Å². The minimum Gasteiger partial charge on any atom is -0.338 e. The van der Waals surface area contributed by atoms with E-state index in [2.05, 4.69) is 20.8 Å². The summed E-state index contributed by atoms with van der Waals surface area (Å²) in [7, 11) is 0. The Morgan fingerprint density at radius 1 is 1.21 bits per heavy atom. The number of hydrogen-bond acceptors (Lipinski definition) is 5. The van der Waals surface area contributed by atoms with Crippen molar-refractivity contribution in [2.45, 2.75) is 26.3 Å². The first-order valence-corrected chi connectivity index (χ1v) is 9.12. The Kier molecular flexibility index (Phi) is 4.84. The minimum absolute atomic E-state index is 0.171. The molecule has 0 unspecified atom stereocenters. The zero-order valence-electron chi connectivity index (χ0n) is 15.5. The highest BCUT2D eigenvalue weighted by atomic mass is 16.2. The Morgan fingerprint density at radius 3 is 2.86 bits per heavy atom. The second kappa shape index (κ2) is 7.59. The molecule has 0 bridgehead atoms. The first-order chi connectivity index (χ1) is 13.6. The zero-order chi connectivity index (χ0) is 19.5. The lowest BCUT2D eigenvalue weighted by Crippen LogP contribution is -2.24. The fourth-order valence-electron chi connectivity index (χ4n) is 3.31. The molecule has 3 aromatic rings. The first kappa shape index (κ1) is 17.8. The fraction of sp³-hybridized carbons (Fsp3) is 0.250. The van der Waals surface area contributed by atoms with E-state index in [0.717, 1.165) is 29.8 Å². The van der Waals surface area contributed by atoms with Gasteiger partial charge in [0.1, 0.15) is 6.33 Å². The quantitative estimate of drug-likeness (QED) is 0.738. The maximum absolute atomic E-state index is 12.7. The molecular formula is C20H20N6O2. The van der Waals surface area contributed by atoms with Crippen molar-refractivity contribution in [3.8, 4) is 5.69 Å². The van der Waals surface area contributed by atoms with E-state index in [4.69, 9.17) is 0 Å². The van der Waals surface area contributed by atoms with Crippen molar-refractivity contribution in [1.82, 2.24) is 25.1 Å². The predicted molar refractivity (Wildman–Crippen MR) is 103 cm³/mol. The van der Waals surface area contributed by atoms with Crippen LogP contribution in [0.4, 0.5) is 5.69 Å². The van der Waals surface area contributed by atoms with Gasteiger partial charge in [-0.2, -0.15) is 0 Å². The van der Waals surface area contributed by atoms with E-state index in [1.807, 2.05) is 48.2 Å². The number of carbonyl (C=O) groups is 2. The number of amides is 2. The van der Waals surface area contributed by atoms with Crippen LogP contribution in [0.15, 0.2) is 48.8 Å². The number of aromatic nitrogens is 4. The highest BCUT2D eigenvalue weighted by Gasteiger charge is 2.20. The summed E-state index contributed by atoms with van der Waals surface area (Å²) in [6.45, 7) is 3.26. The molecule has 8 nitrogen and oxygen atoms in total. The van der Waals surface area contributed by atoms with E-state index in [9.17, 15) is 9.59 Å². The van der Waals surface area contributed by atoms with Gasteiger partial charge in [0.25, 0.3) is 5.91 Å². The van der Waals surface area contributed by atoms with Gasteiger partial charge >= 0.3 is 0 Å². The number of aryl methyl sites for hydroxylation is 1. The monoisotopic (exact) mass is 376 g/mol. The summed E-state index contributed by atoms with van der Waals surface area (Å²) in [5.74, 6) is -0.0363. The molecule has 8 heteroatoms. The summed E-state index contributed by atoms with van der Waals surface area (Å²) >= 11 is 0. The van der Waals surface area contributed by atoms with Gasteiger partial charge in [-0.05, 0) is 59.2 Å². The van der Waals surface area contributed by atoms with Gasteiger partial charge in [-0.15, -0.1) is 5.10 Å². The first-order valence-electron chi connectivity index (χ1n) is 9.12. The lowest BCUT2D eigenvalue weighted by Gasteiger charge is -2.16. The number of benzene rings is 2. The minimum atomic E-state index is -0.207. The molecule has 4 rings (SSSR count). The number of rotatable bonds is 5. The molecule has 142 valence electrons. The number of carbonyl (C=O) groups excluding carboxylic acids is 2. The van der Waals surface area contributed by atoms with E-state index in [0.29, 0.717) is 24.2 Å². The summed E-state index contributed by atoms with van der Waals surface area (Å²) in [6, 6.07) is 12.9. The average molecular weight is 376 g/mol. The van der Waals surface area contributed by atoms with Crippen molar-refractivity contribution in [2.75, 3.05) is 11.9 Å². The summed E-state index contributed by atoms with van der Waals surface area (Å²) < 4.78 is 1.55. The molecule has 28 heavy (non-hydrogen) atoms. The van der Waals surface area contributed by atoms with Crippen LogP contribution in [-0.4, -0.2) is 43.5 Å². The van der Waals surface area contributed by atoms with Crippen molar-refractivity contribution in [3.05, 3.63) is 65.5 Å². The van der Waals surface area contributed by atoms with Gasteiger partial charge in [-0.25, -0.2) is 4.68 Å². The van der Waals surface area contributed by atoms with Crippen LogP contribution in [0.2, 0.25) is 0 Å². The van der Waals surface area contributed by atoms with Gasteiger partial charge in [0, 0.05) is 30.8 Å². The summed E-state index contributed by atoms with van der Waals surface area (Å²) in [4.78, 5) is 26.4. The van der Waals surface area contributed by atoms with Crippen LogP contribution in [0.1, 0.15) is 34.3 Å². The molecule has 0 aliphatic carbocycles. The van der Waals surface area contributed by atoms with Gasteiger partial charge in [0.05, 0.1) is 5.69 Å². The molecule has 2 aromatic carbocycles. The molecule has 0 saturated carbocycles. The lowest BCUT2D eigenvalue weighted by molar-refractivity contribution is -0.128. The molecule has 0 spiro atoms. The molecule has 1 aliphatic heterocycles. The second-order valence-corrected chi connectivity index (χ2v) is 6.83. The highest BCUT2D eigenvalue weighted by molar-refractivity contribution is 6.04. The standard InChI is InChI=1S/C20H20N6O2/c1-14-7-8-17(11-18(14)26-13-21-23-24-26)22-20(28)16-5-2-4-15(10-16)12-25-9-3-6-19(25)27/h2,4-5,7-8,10-11,13H,3,6,9,12H2,1H3,(H,22,28). The van der Waals surface area contributed by atoms with E-state index < -0.39 is 0 Å². The molecule has 0 radical (unpaired) electrons. The smallest absolute Gasteiger partial charge is 0.255 e. The molecule has 1 N–H and O–H groups in total. The van der Waals surface area contributed by atoms with Gasteiger partial charge < -0.3 is 10.2 Å². The predicted octanol–water partition coefficient (Wildman–Crippen LogP) is 2.35. The fourth-order valence-corrected chi connectivity index (χ4v) is 3.31. The normalized spacial score (nSPS) is 13.8. The van der Waals surface area contributed by atoms with Crippen LogP contribution in [0.3, 0.4) is 0 Å². The maximum Gasteiger partial charge on any atom is 0.255 e. The molecule has 1 aliphatic rings. The number of likely N-dealkylation sites (tertiary alicyclic amines) is 1. The highest BCUT2D eigenvalue weighted by Crippen LogP contribution is 2.20. The van der Waals surface area contributed by atoms with Crippen LogP contribution in [0.25, 0.3) is 5.69 Å². The number of nitrogens with zero attached hydrogens (tertiary/aromatic N) is 5. The number of anilines is 1. The molecular weight excluding hydrogens is 356 g/mol. The average Bonchev–Trinajstić information content (AvgIpc) is 3.36. The number of tetrazole rings is 1. The summed E-state index contributed by atoms with van der Waals surface area (Å²) in [5.41, 5.74) is 3.93. The van der Waals surface area contributed by atoms with Crippen LogP contribution >= 0.6 is 0 Å². The van der Waals surface area contributed by atoms with Crippen molar-refractivity contribution < 1.29 is 9.59 Å².